The fourth-order valence-corrected chi connectivity index (χ4v) is 10.6. The maximum Gasteiger partial charge on any atom is 0.345 e. The molecule has 6 heterocycles. The number of ether oxygens (including phenoxy) is 8. The Kier molecular flexibility index (Phi) is 17.9. The number of carbonyl (C=O) groups is 1. The molecular formula is C55H57Cl2FN6O10S. The Labute approximate surface area is 448 Å². The molecule has 20 heteroatoms. The highest BCUT2D eigenvalue weighted by atomic mass is 35.5. The van der Waals surface area contributed by atoms with E-state index in [4.69, 9.17) is 66.1 Å². The van der Waals surface area contributed by atoms with Crippen LogP contribution in [0.5, 0.6) is 28.9 Å². The second kappa shape index (κ2) is 25.1. The Morgan fingerprint density at radius 3 is 2.32 bits per heavy atom. The van der Waals surface area contributed by atoms with Crippen molar-refractivity contribution in [1.82, 2.24) is 29.7 Å². The lowest BCUT2D eigenvalue weighted by Crippen LogP contribution is -2.49. The number of hydrogen-bond donors (Lipinski definition) is 1. The number of carboxylic acids is 1. The predicted octanol–water partition coefficient (Wildman–Crippen LogP) is 9.64. The summed E-state index contributed by atoms with van der Waals surface area (Å²) in [5, 5.41) is 12.0. The van der Waals surface area contributed by atoms with Crippen LogP contribution in [-0.4, -0.2) is 146 Å². The number of aromatic nitrogens is 4. The lowest BCUT2D eigenvalue weighted by molar-refractivity contribution is -0.145. The largest absolute Gasteiger partial charge is 0.490 e. The average Bonchev–Trinajstić information content (AvgIpc) is 3.81. The number of nitrogens with zero attached hydrogens (tertiary/aromatic N) is 6. The van der Waals surface area contributed by atoms with E-state index < -0.39 is 24.0 Å². The zero-order valence-electron chi connectivity index (χ0n) is 42.0. The van der Waals surface area contributed by atoms with E-state index in [1.807, 2.05) is 38.1 Å². The highest BCUT2D eigenvalue weighted by Gasteiger charge is 2.32. The number of fused-ring (bicyclic) bond motifs is 7. The molecule has 16 nitrogen and oxygen atoms in total. The number of piperazine rings is 1. The van der Waals surface area contributed by atoms with Crippen LogP contribution in [-0.2, 0) is 32.0 Å². The number of hydrogen-bond acceptors (Lipinski definition) is 16. The number of benzene rings is 4. The van der Waals surface area contributed by atoms with Crippen molar-refractivity contribution in [3.63, 3.8) is 0 Å². The fourth-order valence-electron chi connectivity index (χ4n) is 8.92. The third-order valence-electron chi connectivity index (χ3n) is 12.9. The van der Waals surface area contributed by atoms with Crippen LogP contribution in [0.4, 0.5) is 4.39 Å². The second-order valence-corrected chi connectivity index (χ2v) is 19.8. The van der Waals surface area contributed by atoms with Gasteiger partial charge in [-0.15, -0.1) is 11.3 Å². The van der Waals surface area contributed by atoms with Crippen molar-refractivity contribution in [3.8, 4) is 61.8 Å². The van der Waals surface area contributed by atoms with Crippen molar-refractivity contribution in [1.29, 1.82) is 0 Å². The van der Waals surface area contributed by atoms with E-state index in [0.717, 1.165) is 26.2 Å². The molecule has 1 fully saturated rings. The highest BCUT2D eigenvalue weighted by molar-refractivity contribution is 7.22. The Morgan fingerprint density at radius 1 is 0.840 bits per heavy atom. The molecule has 1 saturated heterocycles. The van der Waals surface area contributed by atoms with Gasteiger partial charge in [0.1, 0.15) is 60.1 Å². The van der Waals surface area contributed by atoms with Gasteiger partial charge in [-0.2, -0.15) is 0 Å². The van der Waals surface area contributed by atoms with Gasteiger partial charge in [0, 0.05) is 68.5 Å². The normalized spacial score (nSPS) is 16.3. The number of para-hydroxylation sites is 1. The Balaban J connectivity index is 1.05. The molecule has 4 bridgehead atoms. The van der Waals surface area contributed by atoms with E-state index in [2.05, 4.69) is 31.8 Å². The highest BCUT2D eigenvalue weighted by Crippen LogP contribution is 2.53. The van der Waals surface area contributed by atoms with Crippen molar-refractivity contribution < 1.29 is 52.2 Å². The van der Waals surface area contributed by atoms with Gasteiger partial charge >= 0.3 is 5.97 Å². The summed E-state index contributed by atoms with van der Waals surface area (Å²) in [6.07, 6.45) is 0.751. The van der Waals surface area contributed by atoms with Crippen LogP contribution >= 0.6 is 34.5 Å². The first-order chi connectivity index (χ1) is 36.4. The number of carboxylic acid groups (broad SMARTS) is 1. The summed E-state index contributed by atoms with van der Waals surface area (Å²) in [5.41, 5.74) is 4.93. The van der Waals surface area contributed by atoms with Gasteiger partial charge in [0.05, 0.1) is 59.7 Å². The Hall–Kier alpha value is -6.22. The first kappa shape index (κ1) is 53.6. The van der Waals surface area contributed by atoms with Crippen molar-refractivity contribution in [2.45, 2.75) is 39.1 Å². The van der Waals surface area contributed by atoms with Gasteiger partial charge < -0.3 is 47.9 Å². The van der Waals surface area contributed by atoms with Crippen molar-refractivity contribution in [2.75, 3.05) is 93.1 Å². The topological polar surface area (TPSA) is 169 Å². The van der Waals surface area contributed by atoms with Crippen LogP contribution in [0.2, 0.25) is 10.0 Å². The zero-order chi connectivity index (χ0) is 52.4. The lowest BCUT2D eigenvalue weighted by atomic mass is 9.92. The van der Waals surface area contributed by atoms with Gasteiger partial charge in [0.15, 0.2) is 11.6 Å². The molecule has 3 aromatic heterocycles. The maximum absolute atomic E-state index is 14.4. The SMILES string of the molecule is COCCOCCOCCOc1ccccc1-c1nccc(COc2ccc3cc2CC(C(=O)O)Oc2ncnc4sc(-c5ccc(F)cc5)c(c24)-c2c(C)c(Cl)c(c(Cl)c2C)OC(CN2CCN(C)CC2)CO3)n1. The first-order valence-corrected chi connectivity index (χ1v) is 26.1. The summed E-state index contributed by atoms with van der Waals surface area (Å²) >= 11 is 16.0. The molecule has 394 valence electrons. The summed E-state index contributed by atoms with van der Waals surface area (Å²) in [7, 11) is 3.73. The summed E-state index contributed by atoms with van der Waals surface area (Å²) in [4.78, 5) is 37.8. The van der Waals surface area contributed by atoms with Crippen LogP contribution < -0.4 is 23.7 Å². The standard InChI is InChI=1S/C55H57Cl2FN6O10S/c1-33-45-34(2)49(57)50(48(33)56)73-40(29-64-19-17-63(3)18-20-64)31-71-39-13-14-42(72-30-38-15-16-59-52(62-38)41-7-5-6-8-43(41)70-26-25-69-24-23-68-22-21-67-4)36(27-39)28-44(55(65)66)74-53-47-46(45)51(75-54(47)61-32-60-53)35-9-11-37(58)12-10-35/h5-16,27,32,40,44H,17-26,28-31H2,1-4H3,(H,65,66). The minimum absolute atomic E-state index is 0.0000246. The number of methoxy groups -OCH3 is 1. The average molecular weight is 1080 g/mol. The molecule has 0 saturated carbocycles. The summed E-state index contributed by atoms with van der Waals surface area (Å²) in [5.74, 6) is 0.481. The van der Waals surface area contributed by atoms with Gasteiger partial charge in [-0.05, 0) is 91.7 Å². The van der Waals surface area contributed by atoms with E-state index in [0.29, 0.717) is 135 Å². The number of likely N-dealkylation sites (N-methyl/N-ethyl adjacent to an activating group) is 1. The molecule has 0 spiro atoms. The van der Waals surface area contributed by atoms with Crippen molar-refractivity contribution in [3.05, 3.63) is 124 Å². The molecule has 75 heavy (non-hydrogen) atoms. The second-order valence-electron chi connectivity index (χ2n) is 18.0. The molecule has 0 aliphatic carbocycles. The van der Waals surface area contributed by atoms with Crippen LogP contribution in [0.25, 0.3) is 43.2 Å². The number of rotatable bonds is 18. The van der Waals surface area contributed by atoms with Crippen LogP contribution in [0.1, 0.15) is 22.4 Å². The number of aliphatic carboxylic acids is 1. The molecule has 10 rings (SSSR count). The third kappa shape index (κ3) is 12.9. The lowest BCUT2D eigenvalue weighted by Gasteiger charge is -2.35. The van der Waals surface area contributed by atoms with Gasteiger partial charge in [-0.25, -0.2) is 29.1 Å². The zero-order valence-corrected chi connectivity index (χ0v) is 44.3. The van der Waals surface area contributed by atoms with E-state index >= 15 is 0 Å². The smallest absolute Gasteiger partial charge is 0.345 e. The van der Waals surface area contributed by atoms with Crippen LogP contribution in [0, 0.1) is 19.7 Å². The van der Waals surface area contributed by atoms with Gasteiger partial charge in [0.25, 0.3) is 0 Å². The van der Waals surface area contributed by atoms with E-state index in [1.165, 1.54) is 29.8 Å². The molecule has 2 atom stereocenters. The predicted molar refractivity (Wildman–Crippen MR) is 285 cm³/mol. The molecule has 3 aliphatic rings. The Morgan fingerprint density at radius 2 is 1.57 bits per heavy atom. The minimum Gasteiger partial charge on any atom is -0.490 e. The molecule has 3 aliphatic heterocycles. The van der Waals surface area contributed by atoms with Crippen LogP contribution in [0.3, 0.4) is 0 Å². The quantitative estimate of drug-likeness (QED) is 0.0806. The number of thiophene rings is 1. The molecule has 0 amide bonds. The molecule has 7 aromatic rings. The van der Waals surface area contributed by atoms with Crippen LogP contribution in [0.15, 0.2) is 85.3 Å². The summed E-state index contributed by atoms with van der Waals surface area (Å²) in [6.45, 7) is 10.3. The molecule has 4 aromatic carbocycles. The maximum atomic E-state index is 14.4. The van der Waals surface area contributed by atoms with E-state index in [1.54, 1.807) is 49.7 Å². The van der Waals surface area contributed by atoms with Crippen molar-refractivity contribution in [2.24, 2.45) is 0 Å². The monoisotopic (exact) mass is 1080 g/mol. The van der Waals surface area contributed by atoms with Gasteiger partial charge in [-0.1, -0.05) is 47.5 Å². The summed E-state index contributed by atoms with van der Waals surface area (Å²) in [6, 6.07) is 20.6. The van der Waals surface area contributed by atoms with Gasteiger partial charge in [-0.3, -0.25) is 4.90 Å². The molecule has 1 N–H and O–H groups in total. The first-order valence-electron chi connectivity index (χ1n) is 24.5. The molecule has 2 unspecified atom stereocenters. The van der Waals surface area contributed by atoms with Gasteiger partial charge in [0.2, 0.25) is 12.0 Å². The minimum atomic E-state index is -1.50. The number of halogens is 3. The Bertz CT molecular complexity index is 3080. The van der Waals surface area contributed by atoms with E-state index in [-0.39, 0.29) is 35.6 Å². The third-order valence-corrected chi connectivity index (χ3v) is 14.9. The fraction of sp³-hybridized carbons (Fsp3) is 0.364. The van der Waals surface area contributed by atoms with Crippen molar-refractivity contribution >= 4 is 50.7 Å². The molecule has 0 radical (unpaired) electrons. The van der Waals surface area contributed by atoms with E-state index in [9.17, 15) is 14.3 Å². The summed E-state index contributed by atoms with van der Waals surface area (Å²) < 4.78 is 63.1. The molecular weight excluding hydrogens is 1030 g/mol.